The third-order valence-corrected chi connectivity index (χ3v) is 17.0. The van der Waals surface area contributed by atoms with Crippen molar-refractivity contribution in [1.82, 2.24) is 0 Å². The third-order valence-electron chi connectivity index (χ3n) is 9.46. The highest BCUT2D eigenvalue weighted by molar-refractivity contribution is 7.04. The molecule has 0 atom stereocenters. The van der Waals surface area contributed by atoms with Crippen LogP contribution in [0.2, 0.25) is 38.3 Å². The van der Waals surface area contributed by atoms with E-state index in [1.807, 2.05) is 0 Å². The van der Waals surface area contributed by atoms with Crippen LogP contribution < -0.4 is 10.4 Å². The molecule has 6 aromatic rings. The minimum absolute atomic E-state index is 1.33. The molecule has 0 aromatic heterocycles. The fourth-order valence-corrected chi connectivity index (χ4v) is 18.0. The molecule has 0 fully saturated rings. The van der Waals surface area contributed by atoms with Crippen molar-refractivity contribution in [2.24, 2.45) is 0 Å². The van der Waals surface area contributed by atoms with Crippen LogP contribution in [0, 0.1) is 6.92 Å². The lowest BCUT2D eigenvalue weighted by atomic mass is 9.84. The summed E-state index contributed by atoms with van der Waals surface area (Å²) in [6.45, 7) is 12.6. The van der Waals surface area contributed by atoms with Crippen LogP contribution in [0.25, 0.3) is 54.6 Å². The Hall–Kier alpha value is -3.47. The zero-order valence-electron chi connectivity index (χ0n) is 23.7. The van der Waals surface area contributed by atoms with Gasteiger partial charge in [-0.1, -0.05) is 152 Å². The average molecular weight is 537 g/mol. The maximum absolute atomic E-state index is 2.61. The first-order chi connectivity index (χ1) is 18.8. The molecule has 0 aliphatic carbocycles. The Morgan fingerprint density at radius 1 is 0.436 bits per heavy atom. The van der Waals surface area contributed by atoms with Crippen LogP contribution in [0.5, 0.6) is 0 Å². The highest BCUT2D eigenvalue weighted by Gasteiger charge is 2.41. The van der Waals surface area contributed by atoms with Gasteiger partial charge in [-0.2, -0.15) is 0 Å². The molecule has 1 heterocycles. The van der Waals surface area contributed by atoms with Gasteiger partial charge in [0.15, 0.2) is 0 Å². The van der Waals surface area contributed by atoms with Gasteiger partial charge in [-0.15, -0.1) is 0 Å². The maximum Gasteiger partial charge on any atom is 0.0810 e. The van der Waals surface area contributed by atoms with E-state index in [1.54, 1.807) is 10.4 Å². The maximum atomic E-state index is 2.61. The van der Waals surface area contributed by atoms with E-state index in [1.165, 1.54) is 72.2 Å². The van der Waals surface area contributed by atoms with Crippen molar-refractivity contribution in [3.8, 4) is 22.3 Å². The summed E-state index contributed by atoms with van der Waals surface area (Å²) in [6, 6.07) is 42.0. The van der Waals surface area contributed by atoms with Crippen LogP contribution >= 0.6 is 0 Å². The van der Waals surface area contributed by atoms with E-state index in [9.17, 15) is 0 Å². The molecular formula is C37H36Si2. The minimum Gasteiger partial charge on any atom is -0.0654 e. The lowest BCUT2D eigenvalue weighted by molar-refractivity contribution is 1.28. The van der Waals surface area contributed by atoms with Gasteiger partial charge in [-0.05, 0) is 67.1 Å². The number of hydrogen-bond acceptors (Lipinski definition) is 0. The summed E-state index contributed by atoms with van der Waals surface area (Å²) in [5.74, 6) is 0. The molecule has 0 N–H and O–H groups in total. The van der Waals surface area contributed by atoms with E-state index in [2.05, 4.69) is 136 Å². The minimum atomic E-state index is -1.59. The molecule has 0 bridgehead atoms. The normalized spacial score (nSPS) is 16.0. The summed E-state index contributed by atoms with van der Waals surface area (Å²) in [5.41, 5.74) is 6.95. The van der Waals surface area contributed by atoms with Crippen molar-refractivity contribution < 1.29 is 0 Å². The fraction of sp³-hybridized carbons (Fsp3) is 0.189. The summed E-state index contributed by atoms with van der Waals surface area (Å²) in [7, 11) is -3.05. The average Bonchev–Trinajstić information content (AvgIpc) is 2.95. The number of aryl methyl sites for hydroxylation is 1. The van der Waals surface area contributed by atoms with E-state index in [4.69, 9.17) is 0 Å². The smallest absolute Gasteiger partial charge is 0.0654 e. The monoisotopic (exact) mass is 536 g/mol. The Balaban J connectivity index is 1.67. The Morgan fingerprint density at radius 3 is 1.51 bits per heavy atom. The first-order valence-electron chi connectivity index (χ1n) is 14.3. The van der Waals surface area contributed by atoms with Gasteiger partial charge >= 0.3 is 0 Å². The molecule has 192 valence electrons. The van der Waals surface area contributed by atoms with E-state index < -0.39 is 16.1 Å². The SMILES string of the molecule is Cc1ccc(-c2c3ccccc3c(-c3cccc4c3[Si](C)(C)CC[Si]4(C)C)c3ccccc23)c2ccccc12. The van der Waals surface area contributed by atoms with E-state index in [0.29, 0.717) is 0 Å². The second kappa shape index (κ2) is 8.77. The summed E-state index contributed by atoms with van der Waals surface area (Å²) >= 11 is 0. The topological polar surface area (TPSA) is 0 Å². The Morgan fingerprint density at radius 2 is 0.923 bits per heavy atom. The first kappa shape index (κ1) is 24.6. The molecule has 6 aromatic carbocycles. The van der Waals surface area contributed by atoms with Crippen molar-refractivity contribution in [2.45, 2.75) is 45.2 Å². The number of fused-ring (bicyclic) bond motifs is 4. The van der Waals surface area contributed by atoms with Crippen LogP contribution in [0.1, 0.15) is 5.56 Å². The van der Waals surface area contributed by atoms with E-state index in [-0.39, 0.29) is 0 Å². The van der Waals surface area contributed by atoms with Crippen LogP contribution in [0.4, 0.5) is 0 Å². The summed E-state index contributed by atoms with van der Waals surface area (Å²) in [6.07, 6.45) is 0. The van der Waals surface area contributed by atoms with E-state index >= 15 is 0 Å². The molecule has 2 heteroatoms. The second-order valence-electron chi connectivity index (χ2n) is 12.8. The van der Waals surface area contributed by atoms with Crippen LogP contribution in [0.3, 0.4) is 0 Å². The fourth-order valence-electron chi connectivity index (χ4n) is 7.31. The Bertz CT molecular complexity index is 1870. The van der Waals surface area contributed by atoms with Crippen molar-refractivity contribution in [1.29, 1.82) is 0 Å². The zero-order chi connectivity index (χ0) is 26.9. The number of rotatable bonds is 2. The Labute approximate surface area is 234 Å². The Kier molecular flexibility index (Phi) is 5.53. The zero-order valence-corrected chi connectivity index (χ0v) is 25.7. The second-order valence-corrected chi connectivity index (χ2v) is 22.4. The van der Waals surface area contributed by atoms with Gasteiger partial charge in [0.25, 0.3) is 0 Å². The van der Waals surface area contributed by atoms with Crippen LogP contribution in [-0.2, 0) is 0 Å². The van der Waals surface area contributed by atoms with Gasteiger partial charge < -0.3 is 0 Å². The number of benzene rings is 6. The van der Waals surface area contributed by atoms with Gasteiger partial charge in [0.1, 0.15) is 0 Å². The quantitative estimate of drug-likeness (QED) is 0.153. The molecule has 0 radical (unpaired) electrons. The predicted octanol–water partition coefficient (Wildman–Crippen LogP) is 9.63. The van der Waals surface area contributed by atoms with Crippen LogP contribution in [0.15, 0.2) is 103 Å². The molecule has 39 heavy (non-hydrogen) atoms. The van der Waals surface area contributed by atoms with Crippen molar-refractivity contribution in [3.63, 3.8) is 0 Å². The molecule has 1 aliphatic rings. The highest BCUT2D eigenvalue weighted by Crippen LogP contribution is 2.45. The largest absolute Gasteiger partial charge is 0.0810 e. The van der Waals surface area contributed by atoms with Gasteiger partial charge in [-0.3, -0.25) is 0 Å². The predicted molar refractivity (Wildman–Crippen MR) is 178 cm³/mol. The lowest BCUT2D eigenvalue weighted by Crippen LogP contribution is -2.64. The molecule has 0 amide bonds. The van der Waals surface area contributed by atoms with Gasteiger partial charge in [0.2, 0.25) is 0 Å². The molecule has 0 nitrogen and oxygen atoms in total. The molecule has 1 aliphatic heterocycles. The standard InChI is InChI=1S/C37H36Si2/c1-25-21-22-32(27-14-7-6-13-26(25)27)35-28-15-8-10-17-30(28)36(31-18-11-9-16-29(31)35)33-19-12-20-34-37(33)39(4,5)24-23-38(34,2)3/h6-22H,23-24H2,1-5H3. The molecular weight excluding hydrogens is 501 g/mol. The van der Waals surface area contributed by atoms with Gasteiger partial charge in [0, 0.05) is 0 Å². The van der Waals surface area contributed by atoms with Crippen molar-refractivity contribution in [2.75, 3.05) is 0 Å². The van der Waals surface area contributed by atoms with Crippen molar-refractivity contribution >= 4 is 58.8 Å². The summed E-state index contributed by atoms with van der Waals surface area (Å²) in [4.78, 5) is 0. The number of hydrogen-bond donors (Lipinski definition) is 0. The molecule has 0 saturated carbocycles. The van der Waals surface area contributed by atoms with Crippen LogP contribution in [-0.4, -0.2) is 16.1 Å². The molecule has 0 unspecified atom stereocenters. The van der Waals surface area contributed by atoms with E-state index in [0.717, 1.165) is 0 Å². The molecule has 0 spiro atoms. The van der Waals surface area contributed by atoms with Gasteiger partial charge in [-0.25, -0.2) is 0 Å². The first-order valence-corrected chi connectivity index (χ1v) is 20.8. The summed E-state index contributed by atoms with van der Waals surface area (Å²) < 4.78 is 0. The summed E-state index contributed by atoms with van der Waals surface area (Å²) in [5, 5.41) is 11.6. The van der Waals surface area contributed by atoms with Gasteiger partial charge in [0.05, 0.1) is 16.1 Å². The lowest BCUT2D eigenvalue weighted by Gasteiger charge is -2.41. The highest BCUT2D eigenvalue weighted by atomic mass is 28.3. The molecule has 7 rings (SSSR count). The van der Waals surface area contributed by atoms with Crippen molar-refractivity contribution in [3.05, 3.63) is 109 Å². The third kappa shape index (κ3) is 3.69. The molecule has 0 saturated heterocycles.